The standard InChI is InChI=1S/C18H24N4O2/c1-5-15(16-6-7-19-22(16)4)21-18(24)11-17(23)20-14-9-12(2)8-13(3)10-14/h6-10,15H,5,11H2,1-4H3,(H,20,23)(H,21,24)/t15-/m1/s1. The molecule has 1 atom stereocenters. The Hall–Kier alpha value is -2.63. The van der Waals surface area contributed by atoms with Gasteiger partial charge in [-0.25, -0.2) is 0 Å². The summed E-state index contributed by atoms with van der Waals surface area (Å²) in [5, 5.41) is 9.78. The molecule has 0 unspecified atom stereocenters. The summed E-state index contributed by atoms with van der Waals surface area (Å²) in [6, 6.07) is 7.51. The van der Waals surface area contributed by atoms with E-state index in [4.69, 9.17) is 0 Å². The van der Waals surface area contributed by atoms with Crippen molar-refractivity contribution in [3.05, 3.63) is 47.3 Å². The van der Waals surface area contributed by atoms with Crippen LogP contribution in [0.1, 0.15) is 42.6 Å². The number of carbonyl (C=O) groups excluding carboxylic acids is 2. The Balaban J connectivity index is 1.93. The maximum Gasteiger partial charge on any atom is 0.233 e. The van der Waals surface area contributed by atoms with Gasteiger partial charge in [0, 0.05) is 18.9 Å². The lowest BCUT2D eigenvalue weighted by Crippen LogP contribution is -2.32. The van der Waals surface area contributed by atoms with Crippen LogP contribution >= 0.6 is 0 Å². The number of amides is 2. The van der Waals surface area contributed by atoms with Crippen LogP contribution in [0.3, 0.4) is 0 Å². The minimum atomic E-state index is -0.322. The normalized spacial score (nSPS) is 11.8. The van der Waals surface area contributed by atoms with Crippen LogP contribution in [-0.2, 0) is 16.6 Å². The monoisotopic (exact) mass is 328 g/mol. The van der Waals surface area contributed by atoms with Crippen LogP contribution in [0.25, 0.3) is 0 Å². The zero-order valence-corrected chi connectivity index (χ0v) is 14.6. The molecule has 0 bridgehead atoms. The molecular weight excluding hydrogens is 304 g/mol. The first kappa shape index (κ1) is 17.7. The van der Waals surface area contributed by atoms with E-state index in [1.54, 1.807) is 10.9 Å². The number of rotatable bonds is 6. The summed E-state index contributed by atoms with van der Waals surface area (Å²) in [7, 11) is 1.83. The molecule has 6 heteroatoms. The van der Waals surface area contributed by atoms with Crippen LogP contribution < -0.4 is 10.6 Å². The van der Waals surface area contributed by atoms with Gasteiger partial charge in [-0.2, -0.15) is 5.10 Å². The lowest BCUT2D eigenvalue weighted by atomic mass is 10.1. The molecule has 0 spiro atoms. The molecule has 0 aliphatic carbocycles. The van der Waals surface area contributed by atoms with Gasteiger partial charge >= 0.3 is 0 Å². The van der Waals surface area contributed by atoms with Gasteiger partial charge in [0.05, 0.1) is 11.7 Å². The van der Waals surface area contributed by atoms with Gasteiger partial charge in [-0.05, 0) is 49.6 Å². The number of carbonyl (C=O) groups is 2. The van der Waals surface area contributed by atoms with Gasteiger partial charge < -0.3 is 10.6 Å². The van der Waals surface area contributed by atoms with Crippen LogP contribution in [0.15, 0.2) is 30.5 Å². The summed E-state index contributed by atoms with van der Waals surface area (Å²) in [5.74, 6) is -0.623. The van der Waals surface area contributed by atoms with Gasteiger partial charge in [-0.1, -0.05) is 13.0 Å². The van der Waals surface area contributed by atoms with E-state index in [2.05, 4.69) is 15.7 Å². The largest absolute Gasteiger partial charge is 0.347 e. The average Bonchev–Trinajstić information content (AvgIpc) is 2.89. The highest BCUT2D eigenvalue weighted by Gasteiger charge is 2.17. The Morgan fingerprint density at radius 3 is 2.38 bits per heavy atom. The van der Waals surface area contributed by atoms with Crippen molar-refractivity contribution in [2.45, 2.75) is 39.7 Å². The Labute approximate surface area is 142 Å². The summed E-state index contributed by atoms with van der Waals surface area (Å²) < 4.78 is 1.73. The van der Waals surface area contributed by atoms with E-state index in [0.717, 1.165) is 23.2 Å². The molecule has 0 fully saturated rings. The second-order valence-corrected chi connectivity index (χ2v) is 6.01. The molecule has 2 N–H and O–H groups in total. The SMILES string of the molecule is CC[C@@H](NC(=O)CC(=O)Nc1cc(C)cc(C)c1)c1ccnn1C. The van der Waals surface area contributed by atoms with Crippen LogP contribution in [0.4, 0.5) is 5.69 Å². The van der Waals surface area contributed by atoms with Gasteiger partial charge in [0.1, 0.15) is 6.42 Å². The third-order valence-corrected chi connectivity index (χ3v) is 3.79. The summed E-state index contributed by atoms with van der Waals surface area (Å²) in [4.78, 5) is 24.2. The number of aromatic nitrogens is 2. The first-order chi connectivity index (χ1) is 11.4. The maximum atomic E-state index is 12.2. The van der Waals surface area contributed by atoms with E-state index in [-0.39, 0.29) is 24.3 Å². The maximum absolute atomic E-state index is 12.2. The molecule has 0 saturated heterocycles. The molecule has 2 rings (SSSR count). The predicted molar refractivity (Wildman–Crippen MR) is 93.5 cm³/mol. The summed E-state index contributed by atoms with van der Waals surface area (Å²) in [6.07, 6.45) is 2.21. The van der Waals surface area contributed by atoms with Gasteiger partial charge in [0.2, 0.25) is 11.8 Å². The fraction of sp³-hybridized carbons (Fsp3) is 0.389. The fourth-order valence-electron chi connectivity index (χ4n) is 2.75. The highest BCUT2D eigenvalue weighted by Crippen LogP contribution is 2.16. The molecule has 0 saturated carbocycles. The van der Waals surface area contributed by atoms with E-state index < -0.39 is 0 Å². The minimum absolute atomic E-state index is 0.154. The Morgan fingerprint density at radius 1 is 1.17 bits per heavy atom. The van der Waals surface area contributed by atoms with Crippen LogP contribution in [0, 0.1) is 13.8 Å². The molecule has 24 heavy (non-hydrogen) atoms. The number of anilines is 1. The quantitative estimate of drug-likeness (QED) is 0.800. The molecule has 1 heterocycles. The van der Waals surface area contributed by atoms with Gasteiger partial charge in [-0.3, -0.25) is 14.3 Å². The van der Waals surface area contributed by atoms with E-state index in [1.807, 2.05) is 52.1 Å². The van der Waals surface area contributed by atoms with Crippen molar-refractivity contribution < 1.29 is 9.59 Å². The molecule has 6 nitrogen and oxygen atoms in total. The molecular formula is C18H24N4O2. The third-order valence-electron chi connectivity index (χ3n) is 3.79. The highest BCUT2D eigenvalue weighted by molar-refractivity contribution is 6.03. The summed E-state index contributed by atoms with van der Waals surface area (Å²) in [6.45, 7) is 5.91. The smallest absolute Gasteiger partial charge is 0.233 e. The van der Waals surface area contributed by atoms with Gasteiger partial charge in [0.25, 0.3) is 0 Å². The zero-order chi connectivity index (χ0) is 17.7. The summed E-state index contributed by atoms with van der Waals surface area (Å²) >= 11 is 0. The molecule has 0 aliphatic heterocycles. The van der Waals surface area contributed by atoms with Gasteiger partial charge in [-0.15, -0.1) is 0 Å². The highest BCUT2D eigenvalue weighted by atomic mass is 16.2. The van der Waals surface area contributed by atoms with Crippen LogP contribution in [0.5, 0.6) is 0 Å². The van der Waals surface area contributed by atoms with Crippen molar-refractivity contribution in [3.63, 3.8) is 0 Å². The number of benzene rings is 1. The zero-order valence-electron chi connectivity index (χ0n) is 14.6. The van der Waals surface area contributed by atoms with E-state index >= 15 is 0 Å². The Kier molecular flexibility index (Phi) is 5.73. The fourth-order valence-corrected chi connectivity index (χ4v) is 2.75. The number of hydrogen-bond donors (Lipinski definition) is 2. The molecule has 0 radical (unpaired) electrons. The Morgan fingerprint density at radius 2 is 1.83 bits per heavy atom. The Bertz CT molecular complexity index is 716. The van der Waals surface area contributed by atoms with E-state index in [9.17, 15) is 9.59 Å². The average molecular weight is 328 g/mol. The van der Waals surface area contributed by atoms with Crippen LogP contribution in [-0.4, -0.2) is 21.6 Å². The topological polar surface area (TPSA) is 76.0 Å². The molecule has 1 aromatic carbocycles. The molecule has 128 valence electrons. The minimum Gasteiger partial charge on any atom is -0.347 e. The molecule has 2 amide bonds. The number of hydrogen-bond acceptors (Lipinski definition) is 3. The second-order valence-electron chi connectivity index (χ2n) is 6.01. The number of nitrogens with one attached hydrogen (secondary N) is 2. The molecule has 2 aromatic rings. The van der Waals surface area contributed by atoms with Crippen molar-refractivity contribution >= 4 is 17.5 Å². The second kappa shape index (κ2) is 7.77. The van der Waals surface area contributed by atoms with Crippen molar-refractivity contribution in [2.75, 3.05) is 5.32 Å². The van der Waals surface area contributed by atoms with Crippen molar-refractivity contribution in [1.82, 2.24) is 15.1 Å². The first-order valence-corrected chi connectivity index (χ1v) is 8.04. The first-order valence-electron chi connectivity index (χ1n) is 8.04. The number of aryl methyl sites for hydroxylation is 3. The van der Waals surface area contributed by atoms with Crippen LogP contribution in [0.2, 0.25) is 0 Å². The van der Waals surface area contributed by atoms with Crippen molar-refractivity contribution in [3.8, 4) is 0 Å². The third kappa shape index (κ3) is 4.68. The summed E-state index contributed by atoms with van der Waals surface area (Å²) in [5.41, 5.74) is 3.76. The van der Waals surface area contributed by atoms with Gasteiger partial charge in [0.15, 0.2) is 0 Å². The lowest BCUT2D eigenvalue weighted by molar-refractivity contribution is -0.127. The van der Waals surface area contributed by atoms with E-state index in [1.165, 1.54) is 0 Å². The molecule has 0 aliphatic rings. The molecule has 1 aromatic heterocycles. The lowest BCUT2D eigenvalue weighted by Gasteiger charge is -2.17. The number of nitrogens with zero attached hydrogens (tertiary/aromatic N) is 2. The van der Waals surface area contributed by atoms with Crippen molar-refractivity contribution in [2.24, 2.45) is 7.05 Å². The predicted octanol–water partition coefficient (Wildman–Crippen LogP) is 2.63. The van der Waals surface area contributed by atoms with E-state index in [0.29, 0.717) is 5.69 Å². The van der Waals surface area contributed by atoms with Crippen molar-refractivity contribution in [1.29, 1.82) is 0 Å².